The maximum atomic E-state index is 3.53. The van der Waals surface area contributed by atoms with E-state index in [9.17, 15) is 0 Å². The van der Waals surface area contributed by atoms with Crippen LogP contribution in [0.15, 0.2) is 30.3 Å². The van der Waals surface area contributed by atoms with E-state index in [0.717, 1.165) is 13.1 Å². The van der Waals surface area contributed by atoms with Crippen LogP contribution < -0.4 is 5.32 Å². The van der Waals surface area contributed by atoms with E-state index in [-0.39, 0.29) is 5.48 Å². The SMILES string of the molecule is CCCCCCCCCCCCNCc1ccccc1.O. The third kappa shape index (κ3) is 12.6. The van der Waals surface area contributed by atoms with Gasteiger partial charge in [0.25, 0.3) is 0 Å². The molecule has 0 saturated heterocycles. The van der Waals surface area contributed by atoms with Crippen LogP contribution in [0.5, 0.6) is 0 Å². The molecular formula is C19H35NO. The van der Waals surface area contributed by atoms with E-state index in [0.29, 0.717) is 0 Å². The van der Waals surface area contributed by atoms with Gasteiger partial charge in [0.05, 0.1) is 0 Å². The molecule has 0 fully saturated rings. The number of rotatable bonds is 13. The van der Waals surface area contributed by atoms with Crippen molar-refractivity contribution in [3.63, 3.8) is 0 Å². The van der Waals surface area contributed by atoms with Gasteiger partial charge in [-0.2, -0.15) is 0 Å². The Morgan fingerprint density at radius 3 is 1.81 bits per heavy atom. The largest absolute Gasteiger partial charge is 0.412 e. The van der Waals surface area contributed by atoms with E-state index in [1.165, 1.54) is 69.8 Å². The summed E-state index contributed by atoms with van der Waals surface area (Å²) >= 11 is 0. The van der Waals surface area contributed by atoms with E-state index >= 15 is 0 Å². The molecule has 0 aliphatic carbocycles. The summed E-state index contributed by atoms with van der Waals surface area (Å²) in [6.45, 7) is 4.45. The first-order valence-corrected chi connectivity index (χ1v) is 8.68. The van der Waals surface area contributed by atoms with Crippen molar-refractivity contribution in [3.05, 3.63) is 35.9 Å². The van der Waals surface area contributed by atoms with Crippen molar-refractivity contribution >= 4 is 0 Å². The summed E-state index contributed by atoms with van der Waals surface area (Å²) in [4.78, 5) is 0. The Bertz CT molecular complexity index is 300. The highest BCUT2D eigenvalue weighted by atomic mass is 16.0. The van der Waals surface area contributed by atoms with Crippen molar-refractivity contribution in [2.75, 3.05) is 6.54 Å². The number of unbranched alkanes of at least 4 members (excludes halogenated alkanes) is 9. The highest BCUT2D eigenvalue weighted by molar-refractivity contribution is 5.14. The molecule has 0 unspecified atom stereocenters. The van der Waals surface area contributed by atoms with Gasteiger partial charge in [0, 0.05) is 6.54 Å². The third-order valence-electron chi connectivity index (χ3n) is 3.88. The van der Waals surface area contributed by atoms with Gasteiger partial charge in [0.2, 0.25) is 0 Å². The van der Waals surface area contributed by atoms with Crippen LogP contribution in [-0.4, -0.2) is 12.0 Å². The second-order valence-corrected chi connectivity index (χ2v) is 5.84. The zero-order valence-corrected chi connectivity index (χ0v) is 13.9. The fraction of sp³-hybridized carbons (Fsp3) is 0.684. The van der Waals surface area contributed by atoms with Gasteiger partial charge in [-0.1, -0.05) is 95.0 Å². The first kappa shape index (κ1) is 20.1. The third-order valence-corrected chi connectivity index (χ3v) is 3.88. The Hall–Kier alpha value is -0.860. The first-order valence-electron chi connectivity index (χ1n) is 8.68. The lowest BCUT2D eigenvalue weighted by atomic mass is 10.1. The molecule has 0 heterocycles. The summed E-state index contributed by atoms with van der Waals surface area (Å²) in [6.07, 6.45) is 14.1. The van der Waals surface area contributed by atoms with Crippen LogP contribution in [0.25, 0.3) is 0 Å². The molecule has 0 atom stereocenters. The summed E-state index contributed by atoms with van der Waals surface area (Å²) in [5, 5.41) is 3.53. The summed E-state index contributed by atoms with van der Waals surface area (Å²) in [5.74, 6) is 0. The summed E-state index contributed by atoms with van der Waals surface area (Å²) in [6, 6.07) is 10.7. The molecule has 21 heavy (non-hydrogen) atoms. The maximum Gasteiger partial charge on any atom is 0.0205 e. The van der Waals surface area contributed by atoms with Crippen molar-refractivity contribution in [1.29, 1.82) is 0 Å². The van der Waals surface area contributed by atoms with E-state index in [1.54, 1.807) is 0 Å². The molecule has 1 aromatic rings. The molecule has 2 nitrogen and oxygen atoms in total. The van der Waals surface area contributed by atoms with E-state index in [1.807, 2.05) is 0 Å². The Morgan fingerprint density at radius 1 is 0.714 bits per heavy atom. The second-order valence-electron chi connectivity index (χ2n) is 5.84. The van der Waals surface area contributed by atoms with Crippen LogP contribution in [0.3, 0.4) is 0 Å². The monoisotopic (exact) mass is 293 g/mol. The predicted molar refractivity (Wildman–Crippen MR) is 93.6 cm³/mol. The molecule has 1 rings (SSSR count). The molecule has 0 aliphatic heterocycles. The molecule has 122 valence electrons. The molecule has 2 heteroatoms. The lowest BCUT2D eigenvalue weighted by molar-refractivity contribution is 0.543. The minimum atomic E-state index is 0. The Morgan fingerprint density at radius 2 is 1.24 bits per heavy atom. The Kier molecular flexibility index (Phi) is 14.9. The topological polar surface area (TPSA) is 43.5 Å². The molecule has 0 spiro atoms. The van der Waals surface area contributed by atoms with Gasteiger partial charge in [-0.15, -0.1) is 0 Å². The predicted octanol–water partition coefficient (Wildman–Crippen LogP) is 4.87. The first-order chi connectivity index (χ1) is 9.93. The molecule has 3 N–H and O–H groups in total. The Labute approximate surface area is 131 Å². The van der Waals surface area contributed by atoms with Gasteiger partial charge in [-0.05, 0) is 18.5 Å². The molecule has 0 bridgehead atoms. The standard InChI is InChI=1S/C19H33N.H2O/c1-2-3-4-5-6-7-8-9-10-14-17-20-18-19-15-12-11-13-16-19;/h11-13,15-16,20H,2-10,14,17-18H2,1H3;1H2. The van der Waals surface area contributed by atoms with Crippen molar-refractivity contribution in [2.45, 2.75) is 77.7 Å². The number of hydrogen-bond acceptors (Lipinski definition) is 1. The molecule has 0 amide bonds. The molecule has 0 aliphatic rings. The molecule has 0 radical (unpaired) electrons. The summed E-state index contributed by atoms with van der Waals surface area (Å²) in [7, 11) is 0. The number of nitrogens with one attached hydrogen (secondary N) is 1. The molecule has 0 aromatic heterocycles. The van der Waals surface area contributed by atoms with Gasteiger partial charge >= 0.3 is 0 Å². The smallest absolute Gasteiger partial charge is 0.0205 e. The van der Waals surface area contributed by atoms with Crippen LogP contribution in [0, 0.1) is 0 Å². The fourth-order valence-corrected chi connectivity index (χ4v) is 2.57. The fourth-order valence-electron chi connectivity index (χ4n) is 2.57. The Balaban J connectivity index is 0.00000400. The van der Waals surface area contributed by atoms with Crippen LogP contribution in [0.2, 0.25) is 0 Å². The van der Waals surface area contributed by atoms with Gasteiger partial charge < -0.3 is 10.8 Å². The van der Waals surface area contributed by atoms with Crippen LogP contribution >= 0.6 is 0 Å². The molecule has 0 saturated carbocycles. The van der Waals surface area contributed by atoms with Crippen molar-refractivity contribution in [3.8, 4) is 0 Å². The summed E-state index contributed by atoms with van der Waals surface area (Å²) in [5.41, 5.74) is 1.39. The highest BCUT2D eigenvalue weighted by Crippen LogP contribution is 2.10. The summed E-state index contributed by atoms with van der Waals surface area (Å²) < 4.78 is 0. The second kappa shape index (κ2) is 15.5. The van der Waals surface area contributed by atoms with E-state index < -0.39 is 0 Å². The van der Waals surface area contributed by atoms with Gasteiger partial charge in [0.15, 0.2) is 0 Å². The zero-order valence-electron chi connectivity index (χ0n) is 13.9. The quantitative estimate of drug-likeness (QED) is 0.518. The average Bonchev–Trinajstić information content (AvgIpc) is 2.49. The normalized spacial score (nSPS) is 10.3. The zero-order chi connectivity index (χ0) is 14.3. The van der Waals surface area contributed by atoms with E-state index in [4.69, 9.17) is 0 Å². The number of hydrogen-bond donors (Lipinski definition) is 1. The van der Waals surface area contributed by atoms with Crippen LogP contribution in [-0.2, 0) is 6.54 Å². The highest BCUT2D eigenvalue weighted by Gasteiger charge is 1.93. The lowest BCUT2D eigenvalue weighted by Gasteiger charge is -2.05. The van der Waals surface area contributed by atoms with Crippen molar-refractivity contribution < 1.29 is 5.48 Å². The minimum Gasteiger partial charge on any atom is -0.412 e. The average molecular weight is 293 g/mol. The maximum absolute atomic E-state index is 3.53. The minimum absolute atomic E-state index is 0. The lowest BCUT2D eigenvalue weighted by Crippen LogP contribution is -2.14. The molecule has 1 aromatic carbocycles. The number of benzene rings is 1. The van der Waals surface area contributed by atoms with Gasteiger partial charge in [0.1, 0.15) is 0 Å². The van der Waals surface area contributed by atoms with Crippen LogP contribution in [0.4, 0.5) is 0 Å². The van der Waals surface area contributed by atoms with E-state index in [2.05, 4.69) is 42.6 Å². The van der Waals surface area contributed by atoms with Crippen molar-refractivity contribution in [2.24, 2.45) is 0 Å². The molecular weight excluding hydrogens is 258 g/mol. The van der Waals surface area contributed by atoms with Gasteiger partial charge in [-0.25, -0.2) is 0 Å². The van der Waals surface area contributed by atoms with Crippen LogP contribution in [0.1, 0.15) is 76.7 Å². The van der Waals surface area contributed by atoms with Crippen molar-refractivity contribution in [1.82, 2.24) is 5.32 Å². The van der Waals surface area contributed by atoms with Gasteiger partial charge in [-0.3, -0.25) is 0 Å².